The molecule has 0 aromatic heterocycles. The lowest BCUT2D eigenvalue weighted by atomic mass is 10.1. The summed E-state index contributed by atoms with van der Waals surface area (Å²) in [7, 11) is 1.70. The Morgan fingerprint density at radius 3 is 2.85 bits per heavy atom. The summed E-state index contributed by atoms with van der Waals surface area (Å²) in [6.07, 6.45) is 0. The standard InChI is InChI=1S/C12H11O/c1-13-9-10-6-7-11-4-2-3-5-12(11)8-10/h2-7H,9H2,1H3. The lowest BCUT2D eigenvalue weighted by Crippen LogP contribution is -1.87. The molecule has 2 rings (SSSR count). The molecule has 2 aromatic rings. The van der Waals surface area contributed by atoms with Crippen LogP contribution in [0.15, 0.2) is 36.4 Å². The largest absolute Gasteiger partial charge is 0.380 e. The Balaban J connectivity index is 2.49. The monoisotopic (exact) mass is 171 g/mol. The molecule has 0 aliphatic heterocycles. The average Bonchev–Trinajstić information content (AvgIpc) is 2.18. The maximum atomic E-state index is 5.05. The Kier molecular flexibility index (Phi) is 2.28. The van der Waals surface area contributed by atoms with E-state index in [1.807, 2.05) is 18.2 Å². The molecule has 0 bridgehead atoms. The number of fused-ring (bicyclic) bond motifs is 1. The van der Waals surface area contributed by atoms with Crippen molar-refractivity contribution >= 4 is 10.8 Å². The van der Waals surface area contributed by atoms with Crippen LogP contribution in [-0.4, -0.2) is 7.11 Å². The fourth-order valence-electron chi connectivity index (χ4n) is 1.40. The minimum Gasteiger partial charge on any atom is -0.380 e. The summed E-state index contributed by atoms with van der Waals surface area (Å²) in [6.45, 7) is 0.630. The third-order valence-corrected chi connectivity index (χ3v) is 2.02. The highest BCUT2D eigenvalue weighted by Gasteiger charge is 1.95. The van der Waals surface area contributed by atoms with Crippen molar-refractivity contribution in [2.75, 3.05) is 7.11 Å². The second-order valence-corrected chi connectivity index (χ2v) is 3.00. The number of hydrogen-bond acceptors (Lipinski definition) is 1. The van der Waals surface area contributed by atoms with Crippen LogP contribution in [0.4, 0.5) is 0 Å². The molecule has 0 unspecified atom stereocenters. The van der Waals surface area contributed by atoms with Crippen LogP contribution < -0.4 is 0 Å². The number of methoxy groups -OCH3 is 1. The molecule has 2 aromatic carbocycles. The number of rotatable bonds is 2. The van der Waals surface area contributed by atoms with Gasteiger partial charge < -0.3 is 4.74 Å². The summed E-state index contributed by atoms with van der Waals surface area (Å²) >= 11 is 0. The molecule has 0 spiro atoms. The highest BCUT2D eigenvalue weighted by atomic mass is 16.5. The molecule has 0 saturated carbocycles. The smallest absolute Gasteiger partial charge is 0.0719 e. The van der Waals surface area contributed by atoms with Gasteiger partial charge in [0.1, 0.15) is 0 Å². The maximum absolute atomic E-state index is 5.05. The molecular formula is C12H11O. The van der Waals surface area contributed by atoms with Gasteiger partial charge in [-0.1, -0.05) is 36.4 Å². The van der Waals surface area contributed by atoms with Gasteiger partial charge in [0, 0.05) is 7.11 Å². The third-order valence-electron chi connectivity index (χ3n) is 2.02. The zero-order valence-electron chi connectivity index (χ0n) is 7.58. The van der Waals surface area contributed by atoms with Crippen molar-refractivity contribution in [2.24, 2.45) is 0 Å². The van der Waals surface area contributed by atoms with Crippen LogP contribution in [0.2, 0.25) is 0 Å². The molecule has 0 aliphatic rings. The van der Waals surface area contributed by atoms with E-state index in [9.17, 15) is 0 Å². The molecule has 0 atom stereocenters. The summed E-state index contributed by atoms with van der Waals surface area (Å²) < 4.78 is 5.05. The number of benzene rings is 2. The van der Waals surface area contributed by atoms with E-state index >= 15 is 0 Å². The first kappa shape index (κ1) is 8.27. The van der Waals surface area contributed by atoms with Gasteiger partial charge in [0.15, 0.2) is 0 Å². The van der Waals surface area contributed by atoms with Gasteiger partial charge >= 0.3 is 0 Å². The first-order valence-electron chi connectivity index (χ1n) is 4.29. The van der Waals surface area contributed by atoms with Crippen molar-refractivity contribution in [3.63, 3.8) is 0 Å². The lowest BCUT2D eigenvalue weighted by molar-refractivity contribution is 0.185. The van der Waals surface area contributed by atoms with Crippen molar-refractivity contribution in [1.82, 2.24) is 0 Å². The lowest BCUT2D eigenvalue weighted by Gasteiger charge is -2.01. The van der Waals surface area contributed by atoms with Crippen LogP contribution in [-0.2, 0) is 11.3 Å². The van der Waals surface area contributed by atoms with Crippen LogP contribution in [0, 0.1) is 6.07 Å². The van der Waals surface area contributed by atoms with E-state index in [1.54, 1.807) is 7.11 Å². The van der Waals surface area contributed by atoms with Gasteiger partial charge in [0.25, 0.3) is 0 Å². The quantitative estimate of drug-likeness (QED) is 0.675. The normalized spacial score (nSPS) is 10.5. The topological polar surface area (TPSA) is 9.23 Å². The fraction of sp³-hybridized carbons (Fsp3) is 0.167. The van der Waals surface area contributed by atoms with Gasteiger partial charge in [-0.25, -0.2) is 0 Å². The summed E-state index contributed by atoms with van der Waals surface area (Å²) in [5, 5.41) is 2.37. The van der Waals surface area contributed by atoms with Crippen molar-refractivity contribution in [3.8, 4) is 0 Å². The van der Waals surface area contributed by atoms with Crippen molar-refractivity contribution in [1.29, 1.82) is 0 Å². The third kappa shape index (κ3) is 1.70. The van der Waals surface area contributed by atoms with Crippen molar-refractivity contribution in [3.05, 3.63) is 48.0 Å². The number of hydrogen-bond donors (Lipinski definition) is 0. The first-order valence-corrected chi connectivity index (χ1v) is 4.29. The van der Waals surface area contributed by atoms with E-state index in [4.69, 9.17) is 4.74 Å². The van der Waals surface area contributed by atoms with E-state index in [1.165, 1.54) is 5.39 Å². The second-order valence-electron chi connectivity index (χ2n) is 3.00. The molecular weight excluding hydrogens is 160 g/mol. The maximum Gasteiger partial charge on any atom is 0.0719 e. The summed E-state index contributed by atoms with van der Waals surface area (Å²) in [5.74, 6) is 0. The molecule has 1 radical (unpaired) electrons. The van der Waals surface area contributed by atoms with E-state index < -0.39 is 0 Å². The fourth-order valence-corrected chi connectivity index (χ4v) is 1.40. The van der Waals surface area contributed by atoms with E-state index in [0.29, 0.717) is 6.61 Å². The molecule has 0 amide bonds. The Labute approximate surface area is 78.0 Å². The van der Waals surface area contributed by atoms with Gasteiger partial charge in [0.2, 0.25) is 0 Å². The van der Waals surface area contributed by atoms with Gasteiger partial charge in [0.05, 0.1) is 6.61 Å². The van der Waals surface area contributed by atoms with E-state index in [0.717, 1.165) is 10.9 Å². The average molecular weight is 171 g/mol. The predicted molar refractivity (Wildman–Crippen MR) is 53.5 cm³/mol. The van der Waals surface area contributed by atoms with E-state index in [2.05, 4.69) is 24.3 Å². The minimum absolute atomic E-state index is 0.630. The Morgan fingerprint density at radius 1 is 1.15 bits per heavy atom. The first-order chi connectivity index (χ1) is 6.40. The molecule has 0 saturated heterocycles. The van der Waals surface area contributed by atoms with E-state index in [-0.39, 0.29) is 0 Å². The number of ether oxygens (including phenoxy) is 1. The highest BCUT2D eigenvalue weighted by molar-refractivity contribution is 5.82. The molecule has 0 N–H and O–H groups in total. The van der Waals surface area contributed by atoms with Gasteiger partial charge in [-0.3, -0.25) is 0 Å². The summed E-state index contributed by atoms with van der Waals surface area (Å²) in [6, 6.07) is 15.7. The van der Waals surface area contributed by atoms with Crippen LogP contribution >= 0.6 is 0 Å². The summed E-state index contributed by atoms with van der Waals surface area (Å²) in [4.78, 5) is 0. The molecule has 1 nitrogen and oxygen atoms in total. The van der Waals surface area contributed by atoms with Gasteiger partial charge in [-0.2, -0.15) is 0 Å². The van der Waals surface area contributed by atoms with Crippen LogP contribution in [0.3, 0.4) is 0 Å². The molecule has 1 heteroatoms. The van der Waals surface area contributed by atoms with Crippen molar-refractivity contribution < 1.29 is 4.74 Å². The molecule has 0 fully saturated rings. The molecule has 13 heavy (non-hydrogen) atoms. The van der Waals surface area contributed by atoms with Crippen LogP contribution in [0.25, 0.3) is 10.8 Å². The second kappa shape index (κ2) is 3.58. The molecule has 0 heterocycles. The zero-order chi connectivity index (χ0) is 9.10. The SMILES string of the molecule is COCc1[c]c2ccccc2cc1. The van der Waals surface area contributed by atoms with Crippen LogP contribution in [0.1, 0.15) is 5.56 Å². The zero-order valence-corrected chi connectivity index (χ0v) is 7.58. The predicted octanol–water partition coefficient (Wildman–Crippen LogP) is 2.79. The van der Waals surface area contributed by atoms with Gasteiger partial charge in [-0.15, -0.1) is 0 Å². The Hall–Kier alpha value is -1.34. The summed E-state index contributed by atoms with van der Waals surface area (Å²) in [5.41, 5.74) is 1.10. The van der Waals surface area contributed by atoms with Gasteiger partial charge in [-0.05, 0) is 22.4 Å². The highest BCUT2D eigenvalue weighted by Crippen LogP contribution is 2.14. The van der Waals surface area contributed by atoms with Crippen LogP contribution in [0.5, 0.6) is 0 Å². The molecule has 65 valence electrons. The Bertz CT molecular complexity index is 407. The minimum atomic E-state index is 0.630. The Morgan fingerprint density at radius 2 is 2.00 bits per heavy atom. The van der Waals surface area contributed by atoms with Crippen molar-refractivity contribution in [2.45, 2.75) is 6.61 Å². The molecule has 0 aliphatic carbocycles.